The SMILES string of the molecule is CCCCCC(NN)c1ccc(OC2CC2)cc1. The maximum Gasteiger partial charge on any atom is 0.119 e. The van der Waals surface area contributed by atoms with Crippen LogP contribution in [0.5, 0.6) is 5.75 Å². The molecule has 1 saturated carbocycles. The topological polar surface area (TPSA) is 47.3 Å². The lowest BCUT2D eigenvalue weighted by atomic mass is 10.0. The Balaban J connectivity index is 1.88. The maximum absolute atomic E-state index is 5.74. The first-order valence-corrected chi connectivity index (χ1v) is 7.06. The van der Waals surface area contributed by atoms with E-state index in [0.717, 1.165) is 12.2 Å². The lowest BCUT2D eigenvalue weighted by Crippen LogP contribution is -2.27. The smallest absolute Gasteiger partial charge is 0.119 e. The van der Waals surface area contributed by atoms with Crippen molar-refractivity contribution in [3.05, 3.63) is 29.8 Å². The number of rotatable bonds is 8. The summed E-state index contributed by atoms with van der Waals surface area (Å²) in [5.74, 6) is 6.61. The molecule has 0 spiro atoms. The van der Waals surface area contributed by atoms with Crippen molar-refractivity contribution < 1.29 is 4.74 Å². The molecule has 0 saturated heterocycles. The van der Waals surface area contributed by atoms with Gasteiger partial charge < -0.3 is 4.74 Å². The third-order valence-electron chi connectivity index (χ3n) is 3.41. The molecule has 1 unspecified atom stereocenters. The first-order chi connectivity index (χ1) is 8.83. The van der Waals surface area contributed by atoms with Crippen LogP contribution in [-0.2, 0) is 0 Å². The molecule has 3 N–H and O–H groups in total. The zero-order valence-electron chi connectivity index (χ0n) is 11.2. The highest BCUT2D eigenvalue weighted by Crippen LogP contribution is 2.28. The zero-order valence-corrected chi connectivity index (χ0v) is 11.2. The van der Waals surface area contributed by atoms with Gasteiger partial charge in [-0.05, 0) is 37.0 Å². The minimum Gasteiger partial charge on any atom is -0.490 e. The van der Waals surface area contributed by atoms with Crippen LogP contribution in [0, 0.1) is 0 Å². The van der Waals surface area contributed by atoms with E-state index in [2.05, 4.69) is 36.6 Å². The third kappa shape index (κ3) is 4.00. The average molecular weight is 248 g/mol. The van der Waals surface area contributed by atoms with Gasteiger partial charge in [-0.15, -0.1) is 0 Å². The zero-order chi connectivity index (χ0) is 12.8. The van der Waals surface area contributed by atoms with Crippen LogP contribution in [0.4, 0.5) is 0 Å². The van der Waals surface area contributed by atoms with Crippen molar-refractivity contribution in [1.82, 2.24) is 5.43 Å². The van der Waals surface area contributed by atoms with Gasteiger partial charge in [-0.25, -0.2) is 0 Å². The first-order valence-electron chi connectivity index (χ1n) is 7.06. The van der Waals surface area contributed by atoms with Gasteiger partial charge >= 0.3 is 0 Å². The average Bonchev–Trinajstić information content (AvgIpc) is 3.20. The fraction of sp³-hybridized carbons (Fsp3) is 0.600. The van der Waals surface area contributed by atoms with Gasteiger partial charge in [0, 0.05) is 6.04 Å². The van der Waals surface area contributed by atoms with Gasteiger partial charge in [0.15, 0.2) is 0 Å². The molecule has 18 heavy (non-hydrogen) atoms. The summed E-state index contributed by atoms with van der Waals surface area (Å²) >= 11 is 0. The lowest BCUT2D eigenvalue weighted by molar-refractivity contribution is 0.303. The molecule has 1 atom stereocenters. The van der Waals surface area contributed by atoms with Gasteiger partial charge in [0.2, 0.25) is 0 Å². The van der Waals surface area contributed by atoms with Crippen molar-refractivity contribution in [2.24, 2.45) is 5.84 Å². The van der Waals surface area contributed by atoms with Gasteiger partial charge in [-0.2, -0.15) is 0 Å². The van der Waals surface area contributed by atoms with Crippen molar-refractivity contribution >= 4 is 0 Å². The summed E-state index contributed by atoms with van der Waals surface area (Å²) in [6, 6.07) is 8.60. The van der Waals surface area contributed by atoms with Crippen molar-refractivity contribution in [1.29, 1.82) is 0 Å². The van der Waals surface area contributed by atoms with E-state index in [0.29, 0.717) is 6.10 Å². The summed E-state index contributed by atoms with van der Waals surface area (Å²) in [5, 5.41) is 0. The highest BCUT2D eigenvalue weighted by Gasteiger charge is 2.23. The molecule has 0 aliphatic heterocycles. The first kappa shape index (κ1) is 13.4. The molecule has 0 radical (unpaired) electrons. The molecule has 3 heteroatoms. The molecule has 1 fully saturated rings. The number of nitrogens with two attached hydrogens (primary N) is 1. The Kier molecular flexibility index (Phi) is 5.02. The summed E-state index contributed by atoms with van der Waals surface area (Å²) in [7, 11) is 0. The number of benzene rings is 1. The van der Waals surface area contributed by atoms with E-state index in [1.54, 1.807) is 0 Å². The number of ether oxygens (including phenoxy) is 1. The second-order valence-electron chi connectivity index (χ2n) is 5.10. The van der Waals surface area contributed by atoms with Gasteiger partial charge in [0.1, 0.15) is 5.75 Å². The highest BCUT2D eigenvalue weighted by molar-refractivity contribution is 5.29. The number of hydrogen-bond acceptors (Lipinski definition) is 3. The Hall–Kier alpha value is -1.06. The summed E-state index contributed by atoms with van der Waals surface area (Å²) in [5.41, 5.74) is 4.16. The number of unbranched alkanes of at least 4 members (excludes halogenated alkanes) is 2. The van der Waals surface area contributed by atoms with Crippen LogP contribution < -0.4 is 16.0 Å². The molecule has 1 aromatic rings. The maximum atomic E-state index is 5.74. The lowest BCUT2D eigenvalue weighted by Gasteiger charge is -2.16. The Labute approximate surface area is 110 Å². The van der Waals surface area contributed by atoms with Gasteiger partial charge in [-0.1, -0.05) is 38.3 Å². The number of hydrazine groups is 1. The minimum absolute atomic E-state index is 0.256. The molecular weight excluding hydrogens is 224 g/mol. The second-order valence-corrected chi connectivity index (χ2v) is 5.10. The van der Waals surface area contributed by atoms with E-state index < -0.39 is 0 Å². The summed E-state index contributed by atoms with van der Waals surface area (Å²) in [4.78, 5) is 0. The predicted octanol–water partition coefficient (Wildman–Crippen LogP) is 3.31. The van der Waals surface area contributed by atoms with E-state index in [1.807, 2.05) is 0 Å². The van der Waals surface area contributed by atoms with Gasteiger partial charge in [0.25, 0.3) is 0 Å². The van der Waals surface area contributed by atoms with Crippen molar-refractivity contribution in [2.45, 2.75) is 57.6 Å². The quantitative estimate of drug-likeness (QED) is 0.421. The predicted molar refractivity (Wildman–Crippen MR) is 74.3 cm³/mol. The molecule has 0 heterocycles. The standard InChI is InChI=1S/C15H24N2O/c1-2-3-4-5-15(17-16)12-6-8-13(9-7-12)18-14-10-11-14/h6-9,14-15,17H,2-5,10-11,16H2,1H3. The van der Waals surface area contributed by atoms with E-state index in [-0.39, 0.29) is 6.04 Å². The second kappa shape index (κ2) is 6.76. The van der Waals surface area contributed by atoms with Crippen molar-refractivity contribution in [2.75, 3.05) is 0 Å². The van der Waals surface area contributed by atoms with Crippen LogP contribution in [0.2, 0.25) is 0 Å². The van der Waals surface area contributed by atoms with E-state index in [1.165, 1.54) is 37.7 Å². The molecule has 100 valence electrons. The summed E-state index contributed by atoms with van der Waals surface area (Å²) in [6.45, 7) is 2.22. The molecule has 1 aliphatic rings. The Morgan fingerprint density at radius 1 is 1.28 bits per heavy atom. The van der Waals surface area contributed by atoms with Crippen LogP contribution in [0.3, 0.4) is 0 Å². The Morgan fingerprint density at radius 2 is 2.00 bits per heavy atom. The molecule has 1 aromatic carbocycles. The van der Waals surface area contributed by atoms with Crippen LogP contribution >= 0.6 is 0 Å². The van der Waals surface area contributed by atoms with Gasteiger partial charge in [-0.3, -0.25) is 11.3 Å². The number of nitrogens with one attached hydrogen (secondary N) is 1. The fourth-order valence-corrected chi connectivity index (χ4v) is 2.10. The molecule has 0 bridgehead atoms. The van der Waals surface area contributed by atoms with Crippen molar-refractivity contribution in [3.63, 3.8) is 0 Å². The van der Waals surface area contributed by atoms with Crippen LogP contribution in [-0.4, -0.2) is 6.10 Å². The van der Waals surface area contributed by atoms with Crippen LogP contribution in [0.1, 0.15) is 57.1 Å². The molecular formula is C15H24N2O. The molecule has 1 aliphatic carbocycles. The monoisotopic (exact) mass is 248 g/mol. The molecule has 2 rings (SSSR count). The molecule has 3 nitrogen and oxygen atoms in total. The number of hydrogen-bond donors (Lipinski definition) is 2. The van der Waals surface area contributed by atoms with Gasteiger partial charge in [0.05, 0.1) is 6.10 Å². The summed E-state index contributed by atoms with van der Waals surface area (Å²) < 4.78 is 5.74. The highest BCUT2D eigenvalue weighted by atomic mass is 16.5. The largest absolute Gasteiger partial charge is 0.490 e. The normalized spacial score (nSPS) is 16.6. The Bertz CT molecular complexity index is 346. The van der Waals surface area contributed by atoms with Crippen molar-refractivity contribution in [3.8, 4) is 5.75 Å². The van der Waals surface area contributed by atoms with E-state index >= 15 is 0 Å². The fourth-order valence-electron chi connectivity index (χ4n) is 2.10. The van der Waals surface area contributed by atoms with Crippen LogP contribution in [0.15, 0.2) is 24.3 Å². The molecule has 0 amide bonds. The van der Waals surface area contributed by atoms with Crippen LogP contribution in [0.25, 0.3) is 0 Å². The summed E-state index contributed by atoms with van der Waals surface area (Å²) in [6.07, 6.45) is 7.67. The third-order valence-corrected chi connectivity index (χ3v) is 3.41. The van der Waals surface area contributed by atoms with E-state index in [9.17, 15) is 0 Å². The molecule has 0 aromatic heterocycles. The minimum atomic E-state index is 0.256. The Morgan fingerprint density at radius 3 is 2.56 bits per heavy atom. The van der Waals surface area contributed by atoms with E-state index in [4.69, 9.17) is 10.6 Å².